The molecule has 2 aliphatic rings. The number of aryl methyl sites for hydroxylation is 1. The van der Waals surface area contributed by atoms with Crippen LogP contribution in [0.3, 0.4) is 0 Å². The van der Waals surface area contributed by atoms with E-state index in [9.17, 15) is 14.3 Å². The first kappa shape index (κ1) is 17.6. The van der Waals surface area contributed by atoms with Crippen molar-refractivity contribution in [1.29, 1.82) is 0 Å². The third kappa shape index (κ3) is 3.56. The normalized spacial score (nSPS) is 19.1. The van der Waals surface area contributed by atoms with Gasteiger partial charge in [-0.25, -0.2) is 4.39 Å². The number of hydrogen-bond acceptors (Lipinski definition) is 4. The number of amides is 1. The predicted octanol–water partition coefficient (Wildman–Crippen LogP) is 4.31. The standard InChI is InChI=1S/C21H23FN2O3/c1-12-8-15(13-4-2-3-5-13)18(25)10-17(12)24-21(26)20-11-23-16-7-6-14(22)9-19(16)27-20/h6-10,13,20,23,25H,2-5,11H2,1H3,(H,24,26). The number of rotatable bonds is 3. The monoisotopic (exact) mass is 370 g/mol. The van der Waals surface area contributed by atoms with Crippen molar-refractivity contribution < 1.29 is 19.0 Å². The van der Waals surface area contributed by atoms with Crippen molar-refractivity contribution in [3.63, 3.8) is 0 Å². The molecule has 1 aliphatic carbocycles. The molecule has 1 fully saturated rings. The Labute approximate surface area is 157 Å². The molecule has 1 atom stereocenters. The van der Waals surface area contributed by atoms with E-state index in [2.05, 4.69) is 10.6 Å². The average molecular weight is 370 g/mol. The van der Waals surface area contributed by atoms with Gasteiger partial charge in [-0.15, -0.1) is 0 Å². The molecule has 0 saturated heterocycles. The molecule has 1 unspecified atom stereocenters. The third-order valence-corrected chi connectivity index (χ3v) is 5.41. The van der Waals surface area contributed by atoms with Crippen LogP contribution in [0.4, 0.5) is 15.8 Å². The van der Waals surface area contributed by atoms with Gasteiger partial charge < -0.3 is 20.5 Å². The molecule has 1 amide bonds. The number of carbonyl (C=O) groups is 1. The smallest absolute Gasteiger partial charge is 0.267 e. The molecule has 2 aromatic rings. The Morgan fingerprint density at radius 1 is 1.26 bits per heavy atom. The predicted molar refractivity (Wildman–Crippen MR) is 102 cm³/mol. The van der Waals surface area contributed by atoms with Gasteiger partial charge in [0, 0.05) is 17.8 Å². The summed E-state index contributed by atoms with van der Waals surface area (Å²) in [5.74, 6) is 0.176. The SMILES string of the molecule is Cc1cc(C2CCCC2)c(O)cc1NC(=O)C1CNc2ccc(F)cc2O1. The van der Waals surface area contributed by atoms with Crippen LogP contribution in [0.2, 0.25) is 0 Å². The second-order valence-corrected chi connectivity index (χ2v) is 7.32. The van der Waals surface area contributed by atoms with E-state index in [0.29, 0.717) is 23.0 Å². The fourth-order valence-electron chi connectivity index (χ4n) is 3.91. The summed E-state index contributed by atoms with van der Waals surface area (Å²) in [5.41, 5.74) is 3.09. The van der Waals surface area contributed by atoms with E-state index < -0.39 is 11.9 Å². The van der Waals surface area contributed by atoms with Gasteiger partial charge in [-0.3, -0.25) is 4.79 Å². The number of carbonyl (C=O) groups excluding carboxylic acids is 1. The molecule has 5 nitrogen and oxygen atoms in total. The first-order valence-electron chi connectivity index (χ1n) is 9.35. The molecule has 2 aromatic carbocycles. The molecule has 0 radical (unpaired) electrons. The van der Waals surface area contributed by atoms with Gasteiger partial charge in [-0.05, 0) is 48.9 Å². The highest BCUT2D eigenvalue weighted by molar-refractivity contribution is 5.96. The molecular formula is C21H23FN2O3. The molecule has 1 aliphatic heterocycles. The number of anilines is 2. The number of hydrogen-bond donors (Lipinski definition) is 3. The van der Waals surface area contributed by atoms with Crippen LogP contribution in [0.5, 0.6) is 11.5 Å². The number of ether oxygens (including phenoxy) is 1. The van der Waals surface area contributed by atoms with Crippen LogP contribution in [0.25, 0.3) is 0 Å². The summed E-state index contributed by atoms with van der Waals surface area (Å²) < 4.78 is 19.0. The first-order chi connectivity index (χ1) is 13.0. The maximum atomic E-state index is 13.4. The lowest BCUT2D eigenvalue weighted by Crippen LogP contribution is -2.41. The number of aromatic hydroxyl groups is 1. The quantitative estimate of drug-likeness (QED) is 0.753. The Morgan fingerprint density at radius 2 is 2.04 bits per heavy atom. The molecule has 6 heteroatoms. The summed E-state index contributed by atoms with van der Waals surface area (Å²) >= 11 is 0. The Balaban J connectivity index is 1.49. The van der Waals surface area contributed by atoms with Gasteiger partial charge in [0.1, 0.15) is 17.3 Å². The van der Waals surface area contributed by atoms with Crippen LogP contribution in [0, 0.1) is 12.7 Å². The lowest BCUT2D eigenvalue weighted by atomic mass is 9.94. The minimum absolute atomic E-state index is 0.220. The highest BCUT2D eigenvalue weighted by Gasteiger charge is 2.27. The van der Waals surface area contributed by atoms with E-state index in [1.807, 2.05) is 13.0 Å². The van der Waals surface area contributed by atoms with Gasteiger partial charge in [-0.2, -0.15) is 0 Å². The molecule has 0 aromatic heterocycles. The summed E-state index contributed by atoms with van der Waals surface area (Å²) in [6.07, 6.45) is 3.79. The van der Waals surface area contributed by atoms with Crippen molar-refractivity contribution in [1.82, 2.24) is 0 Å². The Hall–Kier alpha value is -2.76. The van der Waals surface area contributed by atoms with Crippen LogP contribution in [-0.2, 0) is 4.79 Å². The Morgan fingerprint density at radius 3 is 2.81 bits per heavy atom. The van der Waals surface area contributed by atoms with Crippen LogP contribution >= 0.6 is 0 Å². The average Bonchev–Trinajstić information content (AvgIpc) is 3.18. The number of phenolic OH excluding ortho intramolecular Hbond substituents is 1. The molecule has 27 heavy (non-hydrogen) atoms. The highest BCUT2D eigenvalue weighted by atomic mass is 19.1. The third-order valence-electron chi connectivity index (χ3n) is 5.41. The molecule has 0 bridgehead atoms. The van der Waals surface area contributed by atoms with Crippen molar-refractivity contribution in [3.8, 4) is 11.5 Å². The molecule has 3 N–H and O–H groups in total. The molecular weight excluding hydrogens is 347 g/mol. The van der Waals surface area contributed by atoms with Crippen LogP contribution < -0.4 is 15.4 Å². The minimum atomic E-state index is -0.782. The Bertz CT molecular complexity index is 878. The zero-order valence-corrected chi connectivity index (χ0v) is 15.2. The number of fused-ring (bicyclic) bond motifs is 1. The van der Waals surface area contributed by atoms with E-state index in [-0.39, 0.29) is 18.2 Å². The lowest BCUT2D eigenvalue weighted by molar-refractivity contribution is -0.122. The van der Waals surface area contributed by atoms with Crippen molar-refractivity contribution in [2.24, 2.45) is 0 Å². The summed E-state index contributed by atoms with van der Waals surface area (Å²) in [7, 11) is 0. The number of halogens is 1. The van der Waals surface area contributed by atoms with Crippen LogP contribution in [0.1, 0.15) is 42.7 Å². The second-order valence-electron chi connectivity index (χ2n) is 7.32. The maximum Gasteiger partial charge on any atom is 0.267 e. The van der Waals surface area contributed by atoms with Crippen molar-refractivity contribution >= 4 is 17.3 Å². The maximum absolute atomic E-state index is 13.4. The molecule has 0 spiro atoms. The topological polar surface area (TPSA) is 70.6 Å². The highest BCUT2D eigenvalue weighted by Crippen LogP contribution is 2.40. The van der Waals surface area contributed by atoms with E-state index in [0.717, 1.165) is 24.0 Å². The minimum Gasteiger partial charge on any atom is -0.508 e. The van der Waals surface area contributed by atoms with Gasteiger partial charge in [0.25, 0.3) is 5.91 Å². The number of benzene rings is 2. The van der Waals surface area contributed by atoms with Crippen LogP contribution in [0.15, 0.2) is 30.3 Å². The van der Waals surface area contributed by atoms with Gasteiger partial charge in [0.05, 0.1) is 12.2 Å². The van der Waals surface area contributed by atoms with Crippen molar-refractivity contribution in [3.05, 3.63) is 47.3 Å². The molecule has 1 saturated carbocycles. The first-order valence-corrected chi connectivity index (χ1v) is 9.35. The van der Waals surface area contributed by atoms with E-state index in [1.165, 1.54) is 25.0 Å². The molecule has 1 heterocycles. The molecule has 4 rings (SSSR count). The fourth-order valence-corrected chi connectivity index (χ4v) is 3.91. The summed E-state index contributed by atoms with van der Waals surface area (Å²) in [5, 5.41) is 16.3. The van der Waals surface area contributed by atoms with Gasteiger partial charge in [0.2, 0.25) is 0 Å². The van der Waals surface area contributed by atoms with Gasteiger partial charge in [0.15, 0.2) is 6.10 Å². The number of nitrogens with one attached hydrogen (secondary N) is 2. The summed E-state index contributed by atoms with van der Waals surface area (Å²) in [6, 6.07) is 7.77. The zero-order valence-electron chi connectivity index (χ0n) is 15.2. The summed E-state index contributed by atoms with van der Waals surface area (Å²) in [6.45, 7) is 2.20. The fraction of sp³-hybridized carbons (Fsp3) is 0.381. The van der Waals surface area contributed by atoms with Crippen molar-refractivity contribution in [2.45, 2.75) is 44.6 Å². The number of phenols is 1. The lowest BCUT2D eigenvalue weighted by Gasteiger charge is -2.27. The van der Waals surface area contributed by atoms with E-state index >= 15 is 0 Å². The van der Waals surface area contributed by atoms with Crippen LogP contribution in [-0.4, -0.2) is 23.7 Å². The van der Waals surface area contributed by atoms with E-state index in [4.69, 9.17) is 4.74 Å². The van der Waals surface area contributed by atoms with Crippen molar-refractivity contribution in [2.75, 3.05) is 17.2 Å². The van der Waals surface area contributed by atoms with Gasteiger partial charge >= 0.3 is 0 Å². The largest absolute Gasteiger partial charge is 0.508 e. The molecule has 142 valence electrons. The Kier molecular flexibility index (Phi) is 4.64. The zero-order chi connectivity index (χ0) is 19.0. The van der Waals surface area contributed by atoms with E-state index in [1.54, 1.807) is 12.1 Å². The summed E-state index contributed by atoms with van der Waals surface area (Å²) in [4.78, 5) is 12.6. The van der Waals surface area contributed by atoms with Gasteiger partial charge in [-0.1, -0.05) is 18.9 Å². The second kappa shape index (κ2) is 7.10.